The first-order valence-electron chi connectivity index (χ1n) is 6.33. The van der Waals surface area contributed by atoms with Gasteiger partial charge in [-0.15, -0.1) is 0 Å². The van der Waals surface area contributed by atoms with Gasteiger partial charge in [0.2, 0.25) is 0 Å². The summed E-state index contributed by atoms with van der Waals surface area (Å²) in [6, 6.07) is 11.9. The number of rotatable bonds is 4. The number of aromatic carboxylic acids is 1. The van der Waals surface area contributed by atoms with Crippen LogP contribution in [-0.4, -0.2) is 17.0 Å². The largest absolute Gasteiger partial charge is 0.478 e. The van der Waals surface area contributed by atoms with E-state index in [1.54, 1.807) is 18.2 Å². The topological polar surface area (TPSA) is 66.4 Å². The molecule has 2 rings (SSSR count). The number of hydrogen-bond acceptors (Lipinski definition) is 2. The van der Waals surface area contributed by atoms with Gasteiger partial charge >= 0.3 is 5.97 Å². The minimum absolute atomic E-state index is 0.165. The SMILES string of the molecule is Cc1cc(Br)cc(C(=O)NCc2ccc(C(=O)O)cc2)c1. The Morgan fingerprint density at radius 2 is 1.76 bits per heavy atom. The monoisotopic (exact) mass is 347 g/mol. The van der Waals surface area contributed by atoms with Gasteiger partial charge in [-0.2, -0.15) is 0 Å². The first-order valence-corrected chi connectivity index (χ1v) is 7.12. The summed E-state index contributed by atoms with van der Waals surface area (Å²) >= 11 is 3.36. The summed E-state index contributed by atoms with van der Waals surface area (Å²) in [6.07, 6.45) is 0. The van der Waals surface area contributed by atoms with E-state index in [0.29, 0.717) is 12.1 Å². The molecule has 0 saturated carbocycles. The third-order valence-corrected chi connectivity index (χ3v) is 3.42. The maximum Gasteiger partial charge on any atom is 0.335 e. The molecule has 0 fully saturated rings. The lowest BCUT2D eigenvalue weighted by Gasteiger charge is -2.07. The van der Waals surface area contributed by atoms with Crippen LogP contribution in [0.4, 0.5) is 0 Å². The summed E-state index contributed by atoms with van der Waals surface area (Å²) < 4.78 is 0.860. The van der Waals surface area contributed by atoms with E-state index in [2.05, 4.69) is 21.2 Å². The molecule has 0 atom stereocenters. The number of carboxylic acid groups (broad SMARTS) is 1. The normalized spacial score (nSPS) is 10.2. The van der Waals surface area contributed by atoms with Gasteiger partial charge in [0.05, 0.1) is 5.56 Å². The quantitative estimate of drug-likeness (QED) is 0.890. The van der Waals surface area contributed by atoms with Crippen LogP contribution in [0.15, 0.2) is 46.9 Å². The van der Waals surface area contributed by atoms with Gasteiger partial charge in [-0.3, -0.25) is 4.79 Å². The number of carboxylic acids is 1. The van der Waals surface area contributed by atoms with E-state index in [9.17, 15) is 9.59 Å². The molecule has 5 heteroatoms. The number of halogens is 1. The van der Waals surface area contributed by atoms with Crippen LogP contribution in [0.25, 0.3) is 0 Å². The molecule has 0 aromatic heterocycles. The van der Waals surface area contributed by atoms with Crippen molar-refractivity contribution in [3.63, 3.8) is 0 Å². The Hall–Kier alpha value is -2.14. The van der Waals surface area contributed by atoms with Crippen LogP contribution in [0.1, 0.15) is 31.8 Å². The lowest BCUT2D eigenvalue weighted by Crippen LogP contribution is -2.22. The van der Waals surface area contributed by atoms with Gasteiger partial charge in [0, 0.05) is 16.6 Å². The fourth-order valence-corrected chi connectivity index (χ4v) is 2.52. The van der Waals surface area contributed by atoms with Crippen LogP contribution in [-0.2, 0) is 6.54 Å². The zero-order valence-corrected chi connectivity index (χ0v) is 13.0. The highest BCUT2D eigenvalue weighted by molar-refractivity contribution is 9.10. The van der Waals surface area contributed by atoms with Crippen molar-refractivity contribution in [2.24, 2.45) is 0 Å². The number of nitrogens with one attached hydrogen (secondary N) is 1. The second-order valence-corrected chi connectivity index (χ2v) is 5.62. The van der Waals surface area contributed by atoms with E-state index in [-0.39, 0.29) is 11.5 Å². The molecule has 0 spiro atoms. The predicted octanol–water partition coefficient (Wildman–Crippen LogP) is 3.39. The fraction of sp³-hybridized carbons (Fsp3) is 0.125. The van der Waals surface area contributed by atoms with Gasteiger partial charge in [0.1, 0.15) is 0 Å². The summed E-state index contributed by atoms with van der Waals surface area (Å²) in [7, 11) is 0. The summed E-state index contributed by atoms with van der Waals surface area (Å²) in [5.41, 5.74) is 2.66. The fourth-order valence-electron chi connectivity index (χ4n) is 1.92. The first kappa shape index (κ1) is 15.3. The molecule has 108 valence electrons. The Morgan fingerprint density at radius 3 is 2.33 bits per heavy atom. The molecular formula is C16H14BrNO3. The average molecular weight is 348 g/mol. The van der Waals surface area contributed by atoms with Gasteiger partial charge in [-0.05, 0) is 48.4 Å². The molecule has 4 nitrogen and oxygen atoms in total. The first-order chi connectivity index (χ1) is 9.95. The molecule has 0 aliphatic rings. The lowest BCUT2D eigenvalue weighted by molar-refractivity contribution is 0.0696. The van der Waals surface area contributed by atoms with Crippen molar-refractivity contribution >= 4 is 27.8 Å². The van der Waals surface area contributed by atoms with Crippen LogP contribution in [0.3, 0.4) is 0 Å². The van der Waals surface area contributed by atoms with Gasteiger partial charge in [-0.1, -0.05) is 28.1 Å². The van der Waals surface area contributed by atoms with E-state index in [1.165, 1.54) is 12.1 Å². The maximum absolute atomic E-state index is 12.1. The molecule has 0 aliphatic carbocycles. The molecule has 2 N–H and O–H groups in total. The molecule has 0 saturated heterocycles. The molecule has 21 heavy (non-hydrogen) atoms. The Bertz CT molecular complexity index is 660. The average Bonchev–Trinajstić information content (AvgIpc) is 2.44. The van der Waals surface area contributed by atoms with Gasteiger partial charge in [-0.25, -0.2) is 4.79 Å². The summed E-state index contributed by atoms with van der Waals surface area (Å²) in [4.78, 5) is 22.8. The van der Waals surface area contributed by atoms with Crippen LogP contribution >= 0.6 is 15.9 Å². The van der Waals surface area contributed by atoms with Crippen molar-refractivity contribution in [2.45, 2.75) is 13.5 Å². The summed E-state index contributed by atoms with van der Waals surface area (Å²) in [6.45, 7) is 2.27. The third kappa shape index (κ3) is 4.16. The molecule has 0 unspecified atom stereocenters. The third-order valence-electron chi connectivity index (χ3n) is 2.96. The van der Waals surface area contributed by atoms with Crippen LogP contribution < -0.4 is 5.32 Å². The number of carbonyl (C=O) groups excluding carboxylic acids is 1. The van der Waals surface area contributed by atoms with Gasteiger partial charge < -0.3 is 10.4 Å². The van der Waals surface area contributed by atoms with Crippen molar-refractivity contribution < 1.29 is 14.7 Å². The second-order valence-electron chi connectivity index (χ2n) is 4.70. The Labute approximate surface area is 130 Å². The van der Waals surface area contributed by atoms with E-state index in [4.69, 9.17) is 5.11 Å². The summed E-state index contributed by atoms with van der Waals surface area (Å²) in [5, 5.41) is 11.6. The van der Waals surface area contributed by atoms with Crippen molar-refractivity contribution in [2.75, 3.05) is 0 Å². The van der Waals surface area contributed by atoms with Crippen LogP contribution in [0.2, 0.25) is 0 Å². The molecular weight excluding hydrogens is 334 g/mol. The summed E-state index contributed by atoms with van der Waals surface area (Å²) in [5.74, 6) is -1.13. The van der Waals surface area contributed by atoms with Crippen LogP contribution in [0.5, 0.6) is 0 Å². The number of aryl methyl sites for hydroxylation is 1. The maximum atomic E-state index is 12.1. The van der Waals surface area contributed by atoms with Crippen molar-refractivity contribution in [1.82, 2.24) is 5.32 Å². The number of hydrogen-bond donors (Lipinski definition) is 2. The molecule has 0 heterocycles. The Morgan fingerprint density at radius 1 is 1.10 bits per heavy atom. The Balaban J connectivity index is 2.02. The smallest absolute Gasteiger partial charge is 0.335 e. The van der Waals surface area contributed by atoms with E-state index in [0.717, 1.165) is 15.6 Å². The van der Waals surface area contributed by atoms with E-state index >= 15 is 0 Å². The van der Waals surface area contributed by atoms with Crippen LogP contribution in [0, 0.1) is 6.92 Å². The van der Waals surface area contributed by atoms with Crippen molar-refractivity contribution in [1.29, 1.82) is 0 Å². The minimum atomic E-state index is -0.963. The molecule has 0 aliphatic heterocycles. The Kier molecular flexibility index (Phi) is 4.75. The highest BCUT2D eigenvalue weighted by Crippen LogP contribution is 2.15. The number of carbonyl (C=O) groups is 2. The second kappa shape index (κ2) is 6.54. The zero-order valence-electron chi connectivity index (χ0n) is 11.4. The molecule has 0 radical (unpaired) electrons. The predicted molar refractivity (Wildman–Crippen MR) is 83.5 cm³/mol. The van der Waals surface area contributed by atoms with Gasteiger partial charge in [0.15, 0.2) is 0 Å². The highest BCUT2D eigenvalue weighted by atomic mass is 79.9. The van der Waals surface area contributed by atoms with Crippen molar-refractivity contribution in [3.8, 4) is 0 Å². The highest BCUT2D eigenvalue weighted by Gasteiger charge is 2.07. The number of benzene rings is 2. The molecule has 2 aromatic rings. The standard InChI is InChI=1S/C16H14BrNO3/c1-10-6-13(8-14(17)7-10)15(19)18-9-11-2-4-12(5-3-11)16(20)21/h2-8H,9H2,1H3,(H,18,19)(H,20,21). The lowest BCUT2D eigenvalue weighted by atomic mass is 10.1. The van der Waals surface area contributed by atoms with E-state index in [1.807, 2.05) is 19.1 Å². The minimum Gasteiger partial charge on any atom is -0.478 e. The molecule has 2 aromatic carbocycles. The van der Waals surface area contributed by atoms with Gasteiger partial charge in [0.25, 0.3) is 5.91 Å². The van der Waals surface area contributed by atoms with E-state index < -0.39 is 5.97 Å². The zero-order chi connectivity index (χ0) is 15.4. The molecule has 0 bridgehead atoms. The number of amides is 1. The van der Waals surface area contributed by atoms with Crippen molar-refractivity contribution in [3.05, 3.63) is 69.2 Å². The molecule has 1 amide bonds.